The quantitative estimate of drug-likeness (QED) is 0.680. The van der Waals surface area contributed by atoms with Gasteiger partial charge in [0, 0.05) is 18.3 Å². The van der Waals surface area contributed by atoms with E-state index in [0.29, 0.717) is 5.69 Å². The van der Waals surface area contributed by atoms with Gasteiger partial charge in [0.15, 0.2) is 0 Å². The van der Waals surface area contributed by atoms with E-state index in [9.17, 15) is 18.0 Å². The van der Waals surface area contributed by atoms with Crippen molar-refractivity contribution in [3.05, 3.63) is 60.9 Å². The maximum absolute atomic E-state index is 11.7. The van der Waals surface area contributed by atoms with Crippen molar-refractivity contribution in [1.29, 1.82) is 0 Å². The molecular weight excluding hydrogens is 364 g/mol. The van der Waals surface area contributed by atoms with E-state index in [-0.39, 0.29) is 16.9 Å². The third-order valence-corrected chi connectivity index (χ3v) is 3.76. The summed E-state index contributed by atoms with van der Waals surface area (Å²) in [5, 5.41) is 4.75. The third kappa shape index (κ3) is 6.07. The number of para-hydroxylation sites is 1. The zero-order chi connectivity index (χ0) is 19.2. The molecule has 0 aliphatic heterocycles. The molecule has 0 spiro atoms. The van der Waals surface area contributed by atoms with Crippen LogP contribution < -0.4 is 10.6 Å². The van der Waals surface area contributed by atoms with Gasteiger partial charge in [0.05, 0.1) is 4.90 Å². The van der Waals surface area contributed by atoms with Crippen LogP contribution in [0.1, 0.15) is 6.92 Å². The van der Waals surface area contributed by atoms with Gasteiger partial charge in [-0.15, -0.1) is 0 Å². The number of carbonyl (C=O) groups is 2. The van der Waals surface area contributed by atoms with Gasteiger partial charge < -0.3 is 9.47 Å². The molecule has 2 amide bonds. The molecule has 0 aliphatic rings. The Morgan fingerprint density at radius 2 is 1.31 bits per heavy atom. The van der Waals surface area contributed by atoms with Gasteiger partial charge >= 0.3 is 18.5 Å². The van der Waals surface area contributed by atoms with Crippen molar-refractivity contribution in [3.8, 4) is 0 Å². The van der Waals surface area contributed by atoms with Crippen molar-refractivity contribution in [2.45, 2.75) is 11.8 Å². The van der Waals surface area contributed by atoms with E-state index in [0.717, 1.165) is 12.1 Å². The van der Waals surface area contributed by atoms with E-state index in [1.54, 1.807) is 30.3 Å². The Kier molecular flexibility index (Phi) is 6.15. The molecule has 3 N–H and O–H groups in total. The van der Waals surface area contributed by atoms with Crippen molar-refractivity contribution >= 4 is 33.7 Å². The number of benzene rings is 2. The monoisotopic (exact) mass is 379 g/mol. The number of ether oxygens (including phenoxy) is 2. The van der Waals surface area contributed by atoms with E-state index in [1.807, 2.05) is 0 Å². The lowest BCUT2D eigenvalue weighted by molar-refractivity contribution is 0.0495. The summed E-state index contributed by atoms with van der Waals surface area (Å²) in [6, 6.07) is 13.2. The molecule has 10 heteroatoms. The van der Waals surface area contributed by atoms with Gasteiger partial charge in [0.2, 0.25) is 0 Å². The van der Waals surface area contributed by atoms with Gasteiger partial charge in [-0.05, 0) is 36.4 Å². The number of nitrogens with one attached hydrogen (secondary N) is 2. The van der Waals surface area contributed by atoms with Gasteiger partial charge in [-0.2, -0.15) is 8.42 Å². The minimum Gasteiger partial charge on any atom is -0.398 e. The number of amides is 2. The summed E-state index contributed by atoms with van der Waals surface area (Å²) >= 11 is 0. The molecule has 0 aromatic heterocycles. The third-order valence-electron chi connectivity index (χ3n) is 2.89. The van der Waals surface area contributed by atoms with E-state index in [2.05, 4.69) is 10.6 Å². The summed E-state index contributed by atoms with van der Waals surface area (Å²) in [4.78, 5) is 23.0. The first-order valence-corrected chi connectivity index (χ1v) is 8.62. The summed E-state index contributed by atoms with van der Waals surface area (Å²) in [6.45, 7) is 1.27. The Hall–Kier alpha value is -3.11. The van der Waals surface area contributed by atoms with E-state index >= 15 is 0 Å². The Morgan fingerprint density at radius 3 is 1.77 bits per heavy atom. The topological polar surface area (TPSA) is 131 Å². The van der Waals surface area contributed by atoms with Crippen LogP contribution in [0, 0.1) is 6.29 Å². The Labute approximate surface area is 149 Å². The SMILES string of the molecule is C[C](OC(=O)Nc1ccccc1)OC(=O)Nc1ccc(S(=O)(=O)O)cc1. The van der Waals surface area contributed by atoms with Crippen molar-refractivity contribution in [2.75, 3.05) is 10.6 Å². The van der Waals surface area contributed by atoms with Gasteiger partial charge in [0.1, 0.15) is 0 Å². The highest BCUT2D eigenvalue weighted by atomic mass is 32.2. The highest BCUT2D eigenvalue weighted by molar-refractivity contribution is 7.85. The average Bonchev–Trinajstić information content (AvgIpc) is 2.54. The number of hydrogen-bond donors (Lipinski definition) is 3. The minimum absolute atomic E-state index is 0.212. The van der Waals surface area contributed by atoms with Gasteiger partial charge in [0.25, 0.3) is 10.1 Å². The first kappa shape index (κ1) is 19.2. The number of anilines is 2. The zero-order valence-electron chi connectivity index (χ0n) is 13.5. The molecule has 0 unspecified atom stereocenters. The van der Waals surface area contributed by atoms with Gasteiger partial charge in [-0.25, -0.2) is 9.59 Å². The van der Waals surface area contributed by atoms with Gasteiger partial charge in [-0.1, -0.05) is 18.2 Å². The van der Waals surface area contributed by atoms with Crippen molar-refractivity contribution in [3.63, 3.8) is 0 Å². The first-order valence-electron chi connectivity index (χ1n) is 7.18. The predicted molar refractivity (Wildman–Crippen MR) is 91.8 cm³/mol. The molecule has 0 atom stereocenters. The smallest absolute Gasteiger partial charge is 0.398 e. The molecule has 26 heavy (non-hydrogen) atoms. The van der Waals surface area contributed by atoms with E-state index in [1.165, 1.54) is 19.1 Å². The molecule has 137 valence electrons. The lowest BCUT2D eigenvalue weighted by Crippen LogP contribution is -2.22. The Morgan fingerprint density at radius 1 is 0.846 bits per heavy atom. The lowest BCUT2D eigenvalue weighted by Gasteiger charge is -2.13. The number of carbonyl (C=O) groups excluding carboxylic acids is 2. The molecule has 0 bridgehead atoms. The first-order chi connectivity index (χ1) is 12.2. The van der Waals surface area contributed by atoms with Crippen LogP contribution in [-0.2, 0) is 19.6 Å². The summed E-state index contributed by atoms with van der Waals surface area (Å²) < 4.78 is 40.3. The highest BCUT2D eigenvalue weighted by Crippen LogP contribution is 2.15. The molecule has 0 saturated carbocycles. The summed E-state index contributed by atoms with van der Waals surface area (Å²) in [6.07, 6.45) is -2.10. The zero-order valence-corrected chi connectivity index (χ0v) is 14.3. The standard InChI is InChI=1S/C16H15N2O7S/c1-11(24-15(19)17-12-5-3-2-4-6-12)25-16(20)18-13-7-9-14(10-8-13)26(21,22)23/h2-10H,1H3,(H,17,19)(H,18,20)(H,21,22,23). The van der Waals surface area contributed by atoms with Gasteiger partial charge in [-0.3, -0.25) is 15.2 Å². The second-order valence-corrected chi connectivity index (χ2v) is 6.31. The van der Waals surface area contributed by atoms with Crippen LogP contribution >= 0.6 is 0 Å². The Balaban J connectivity index is 1.82. The second kappa shape index (κ2) is 8.32. The van der Waals surface area contributed by atoms with Crippen LogP contribution in [0.25, 0.3) is 0 Å². The molecule has 2 rings (SSSR count). The molecule has 9 nitrogen and oxygen atoms in total. The molecule has 2 aromatic rings. The van der Waals surface area contributed by atoms with Crippen LogP contribution in [0.15, 0.2) is 59.5 Å². The summed E-state index contributed by atoms with van der Waals surface area (Å²) in [7, 11) is -4.32. The Bertz CT molecular complexity index is 867. The molecular formula is C16H15N2O7S. The molecule has 0 aliphatic carbocycles. The fraction of sp³-hybridized carbons (Fsp3) is 0.0625. The molecule has 2 aromatic carbocycles. The van der Waals surface area contributed by atoms with Crippen molar-refractivity contribution in [1.82, 2.24) is 0 Å². The van der Waals surface area contributed by atoms with E-state index in [4.69, 9.17) is 14.0 Å². The van der Waals surface area contributed by atoms with E-state index < -0.39 is 22.3 Å². The summed E-state index contributed by atoms with van der Waals surface area (Å²) in [5.41, 5.74) is 0.720. The van der Waals surface area contributed by atoms with Crippen LogP contribution in [0.2, 0.25) is 0 Å². The van der Waals surface area contributed by atoms with Crippen LogP contribution in [-0.4, -0.2) is 25.2 Å². The van der Waals surface area contributed by atoms with Crippen LogP contribution in [0.5, 0.6) is 0 Å². The maximum Gasteiger partial charge on any atom is 0.415 e. The molecule has 0 saturated heterocycles. The number of rotatable bonds is 5. The summed E-state index contributed by atoms with van der Waals surface area (Å²) in [5.74, 6) is 0. The predicted octanol–water partition coefficient (Wildman–Crippen LogP) is 3.24. The van der Waals surface area contributed by atoms with Crippen molar-refractivity contribution < 1.29 is 32.0 Å². The molecule has 0 fully saturated rings. The maximum atomic E-state index is 11.7. The molecule has 0 heterocycles. The minimum atomic E-state index is -4.32. The van der Waals surface area contributed by atoms with Crippen molar-refractivity contribution in [2.24, 2.45) is 0 Å². The lowest BCUT2D eigenvalue weighted by atomic mass is 10.3. The fourth-order valence-electron chi connectivity index (χ4n) is 1.80. The van der Waals surface area contributed by atoms with Crippen LogP contribution in [0.4, 0.5) is 21.0 Å². The molecule has 1 radical (unpaired) electrons. The second-order valence-electron chi connectivity index (χ2n) is 4.89. The fourth-order valence-corrected chi connectivity index (χ4v) is 2.28. The number of hydrogen-bond acceptors (Lipinski definition) is 6. The average molecular weight is 379 g/mol. The van der Waals surface area contributed by atoms with Crippen LogP contribution in [0.3, 0.4) is 0 Å². The largest absolute Gasteiger partial charge is 0.415 e. The normalized spacial score (nSPS) is 10.9. The highest BCUT2D eigenvalue weighted by Gasteiger charge is 2.17.